The minimum atomic E-state index is -3.57. The Morgan fingerprint density at radius 1 is 1.39 bits per heavy atom. The highest BCUT2D eigenvalue weighted by Gasteiger charge is 2.33. The quantitative estimate of drug-likeness (QED) is 0.868. The third-order valence-corrected chi connectivity index (χ3v) is 5.40. The van der Waals surface area contributed by atoms with Crippen molar-refractivity contribution >= 4 is 15.8 Å². The Morgan fingerprint density at radius 2 is 2.11 bits per heavy atom. The molecule has 18 heavy (non-hydrogen) atoms. The molecule has 1 aromatic rings. The number of nitrogens with one attached hydrogen (secondary N) is 1. The monoisotopic (exact) mass is 269 g/mol. The van der Waals surface area contributed by atoms with E-state index in [0.29, 0.717) is 11.8 Å². The van der Waals surface area contributed by atoms with Crippen molar-refractivity contribution < 1.29 is 8.42 Å². The fourth-order valence-corrected chi connectivity index (χ4v) is 3.87. The molecule has 0 amide bonds. The first-order valence-corrected chi connectivity index (χ1v) is 7.63. The van der Waals surface area contributed by atoms with Gasteiger partial charge in [-0.25, -0.2) is 18.1 Å². The number of nitrogens with zero attached hydrogens (tertiary/aromatic N) is 1. The first-order valence-electron chi connectivity index (χ1n) is 6.14. The zero-order valence-electron chi connectivity index (χ0n) is 10.6. The van der Waals surface area contributed by atoms with Crippen LogP contribution in [0.1, 0.15) is 26.7 Å². The fourth-order valence-electron chi connectivity index (χ4n) is 2.42. The summed E-state index contributed by atoms with van der Waals surface area (Å²) >= 11 is 0. The van der Waals surface area contributed by atoms with Crippen LogP contribution in [0.15, 0.2) is 23.2 Å². The van der Waals surface area contributed by atoms with E-state index < -0.39 is 10.0 Å². The molecule has 0 spiro atoms. The predicted molar refractivity (Wildman–Crippen MR) is 70.3 cm³/mol. The molecule has 100 valence electrons. The average molecular weight is 269 g/mol. The van der Waals surface area contributed by atoms with E-state index in [2.05, 4.69) is 23.6 Å². The maximum atomic E-state index is 12.2. The van der Waals surface area contributed by atoms with Crippen molar-refractivity contribution in [3.63, 3.8) is 0 Å². The van der Waals surface area contributed by atoms with Crippen molar-refractivity contribution in [1.82, 2.24) is 9.71 Å². The Morgan fingerprint density at radius 3 is 2.67 bits per heavy atom. The van der Waals surface area contributed by atoms with E-state index >= 15 is 0 Å². The third kappa shape index (κ3) is 2.49. The highest BCUT2D eigenvalue weighted by molar-refractivity contribution is 7.89. The van der Waals surface area contributed by atoms with E-state index in [4.69, 9.17) is 5.73 Å². The normalized spacial score (nSPS) is 28.4. The Balaban J connectivity index is 2.21. The van der Waals surface area contributed by atoms with E-state index in [9.17, 15) is 8.42 Å². The van der Waals surface area contributed by atoms with E-state index in [1.807, 2.05) is 0 Å². The summed E-state index contributed by atoms with van der Waals surface area (Å²) in [6.07, 6.45) is 3.41. The molecule has 0 saturated heterocycles. The summed E-state index contributed by atoms with van der Waals surface area (Å²) in [5.74, 6) is 0.935. The number of hydrogen-bond acceptors (Lipinski definition) is 4. The van der Waals surface area contributed by atoms with Gasteiger partial charge >= 0.3 is 0 Å². The van der Waals surface area contributed by atoms with E-state index in [0.717, 1.165) is 12.8 Å². The van der Waals surface area contributed by atoms with E-state index in [1.165, 1.54) is 12.3 Å². The lowest BCUT2D eigenvalue weighted by Crippen LogP contribution is -2.37. The number of sulfonamides is 1. The van der Waals surface area contributed by atoms with Gasteiger partial charge in [0, 0.05) is 12.2 Å². The van der Waals surface area contributed by atoms with Crippen LogP contribution in [0.3, 0.4) is 0 Å². The van der Waals surface area contributed by atoms with Gasteiger partial charge in [0.25, 0.3) is 0 Å². The number of pyridine rings is 1. The van der Waals surface area contributed by atoms with Gasteiger partial charge in [-0.05, 0) is 36.8 Å². The molecule has 1 aromatic heterocycles. The van der Waals surface area contributed by atoms with Gasteiger partial charge in [0.15, 0.2) is 0 Å². The molecular weight excluding hydrogens is 250 g/mol. The van der Waals surface area contributed by atoms with Crippen LogP contribution in [0.2, 0.25) is 0 Å². The SMILES string of the molecule is CC1CCC(NS(=O)(=O)c2cccnc2N)C1C. The molecule has 0 aliphatic heterocycles. The maximum absolute atomic E-state index is 12.2. The first kappa shape index (κ1) is 13.3. The molecule has 2 rings (SSSR count). The Kier molecular flexibility index (Phi) is 3.59. The van der Waals surface area contributed by atoms with Gasteiger partial charge in [0.2, 0.25) is 10.0 Å². The molecule has 6 heteroatoms. The number of nitrogens with two attached hydrogens (primary N) is 1. The molecule has 3 atom stereocenters. The highest BCUT2D eigenvalue weighted by Crippen LogP contribution is 2.32. The van der Waals surface area contributed by atoms with Crippen LogP contribution >= 0.6 is 0 Å². The lowest BCUT2D eigenvalue weighted by atomic mass is 9.98. The summed E-state index contributed by atoms with van der Waals surface area (Å²) in [6, 6.07) is 3.05. The Labute approximate surface area is 108 Å². The lowest BCUT2D eigenvalue weighted by Gasteiger charge is -2.19. The second-order valence-electron chi connectivity index (χ2n) is 5.03. The third-order valence-electron chi connectivity index (χ3n) is 3.86. The maximum Gasteiger partial charge on any atom is 0.244 e. The zero-order chi connectivity index (χ0) is 13.3. The minimum absolute atomic E-state index is 0.00962. The molecule has 1 heterocycles. The van der Waals surface area contributed by atoms with E-state index in [-0.39, 0.29) is 16.8 Å². The topological polar surface area (TPSA) is 85.1 Å². The van der Waals surface area contributed by atoms with Crippen molar-refractivity contribution in [2.45, 2.75) is 37.6 Å². The average Bonchev–Trinajstić information content (AvgIpc) is 2.61. The number of hydrogen-bond donors (Lipinski definition) is 2. The number of aromatic nitrogens is 1. The predicted octanol–water partition coefficient (Wildman–Crippen LogP) is 1.38. The van der Waals surface area contributed by atoms with Crippen molar-refractivity contribution in [1.29, 1.82) is 0 Å². The molecule has 3 unspecified atom stereocenters. The highest BCUT2D eigenvalue weighted by atomic mass is 32.2. The standard InChI is InChI=1S/C12H19N3O2S/c1-8-5-6-10(9(8)2)15-18(16,17)11-4-3-7-14-12(11)13/h3-4,7-10,15H,5-6H2,1-2H3,(H2,13,14). The molecule has 3 N–H and O–H groups in total. The summed E-state index contributed by atoms with van der Waals surface area (Å²) in [5, 5.41) is 0. The van der Waals surface area contributed by atoms with Crippen LogP contribution in [0.4, 0.5) is 5.82 Å². The van der Waals surface area contributed by atoms with Crippen LogP contribution < -0.4 is 10.5 Å². The molecule has 1 saturated carbocycles. The molecule has 5 nitrogen and oxygen atoms in total. The molecule has 0 radical (unpaired) electrons. The second kappa shape index (κ2) is 4.85. The Bertz CT molecular complexity index is 530. The molecular formula is C12H19N3O2S. The van der Waals surface area contributed by atoms with Crippen LogP contribution in [0.25, 0.3) is 0 Å². The summed E-state index contributed by atoms with van der Waals surface area (Å²) in [5.41, 5.74) is 5.61. The molecule has 1 fully saturated rings. The summed E-state index contributed by atoms with van der Waals surface area (Å²) < 4.78 is 27.2. The Hall–Kier alpha value is -1.14. The molecule has 0 aromatic carbocycles. The molecule has 0 bridgehead atoms. The zero-order valence-corrected chi connectivity index (χ0v) is 11.4. The molecule has 1 aliphatic rings. The number of nitrogen functional groups attached to an aromatic ring is 1. The van der Waals surface area contributed by atoms with Gasteiger partial charge < -0.3 is 5.73 Å². The van der Waals surface area contributed by atoms with Gasteiger partial charge in [0.1, 0.15) is 10.7 Å². The van der Waals surface area contributed by atoms with Crippen LogP contribution in [-0.2, 0) is 10.0 Å². The smallest absolute Gasteiger partial charge is 0.244 e. The van der Waals surface area contributed by atoms with Crippen LogP contribution in [-0.4, -0.2) is 19.4 Å². The molecule has 1 aliphatic carbocycles. The van der Waals surface area contributed by atoms with E-state index in [1.54, 1.807) is 6.07 Å². The number of anilines is 1. The van der Waals surface area contributed by atoms with Gasteiger partial charge in [-0.3, -0.25) is 0 Å². The van der Waals surface area contributed by atoms with Gasteiger partial charge in [-0.2, -0.15) is 0 Å². The first-order chi connectivity index (χ1) is 8.42. The minimum Gasteiger partial charge on any atom is -0.383 e. The van der Waals surface area contributed by atoms with Gasteiger partial charge in [0.05, 0.1) is 0 Å². The van der Waals surface area contributed by atoms with Crippen molar-refractivity contribution in [2.24, 2.45) is 11.8 Å². The lowest BCUT2D eigenvalue weighted by molar-refractivity contribution is 0.402. The fraction of sp³-hybridized carbons (Fsp3) is 0.583. The largest absolute Gasteiger partial charge is 0.383 e. The summed E-state index contributed by atoms with van der Waals surface area (Å²) in [4.78, 5) is 3.88. The number of rotatable bonds is 3. The van der Waals surface area contributed by atoms with Crippen molar-refractivity contribution in [3.8, 4) is 0 Å². The van der Waals surface area contributed by atoms with Crippen LogP contribution in [0.5, 0.6) is 0 Å². The van der Waals surface area contributed by atoms with Crippen LogP contribution in [0, 0.1) is 11.8 Å². The van der Waals surface area contributed by atoms with Gasteiger partial charge in [-0.15, -0.1) is 0 Å². The summed E-state index contributed by atoms with van der Waals surface area (Å²) in [7, 11) is -3.57. The van der Waals surface area contributed by atoms with Gasteiger partial charge in [-0.1, -0.05) is 13.8 Å². The second-order valence-corrected chi connectivity index (χ2v) is 6.71. The van der Waals surface area contributed by atoms with Crippen molar-refractivity contribution in [2.75, 3.05) is 5.73 Å². The van der Waals surface area contributed by atoms with Crippen molar-refractivity contribution in [3.05, 3.63) is 18.3 Å². The summed E-state index contributed by atoms with van der Waals surface area (Å²) in [6.45, 7) is 4.23.